The second-order valence-electron chi connectivity index (χ2n) is 9.62. The van der Waals surface area contributed by atoms with Crippen LogP contribution < -0.4 is 24.8 Å². The van der Waals surface area contributed by atoms with Gasteiger partial charge in [-0.05, 0) is 68.8 Å². The summed E-state index contributed by atoms with van der Waals surface area (Å²) in [7, 11) is 4.60. The highest BCUT2D eigenvalue weighted by atomic mass is 35.5. The molecule has 10 heteroatoms. The fraction of sp³-hybridized carbons (Fsp3) is 0.519. The second kappa shape index (κ2) is 13.4. The van der Waals surface area contributed by atoms with E-state index in [1.165, 1.54) is 26.9 Å². The number of hydrogen-bond donors (Lipinski definition) is 3. The normalized spacial score (nSPS) is 22.1. The largest absolute Gasteiger partial charge is 0.493 e. The van der Waals surface area contributed by atoms with E-state index in [1.807, 2.05) is 12.1 Å². The van der Waals surface area contributed by atoms with E-state index in [2.05, 4.69) is 27.7 Å². The molecular formula is C27H37Cl2N3O5. The van der Waals surface area contributed by atoms with Crippen molar-refractivity contribution in [1.29, 1.82) is 0 Å². The van der Waals surface area contributed by atoms with Crippen molar-refractivity contribution < 1.29 is 24.1 Å². The molecule has 3 N–H and O–H groups in total. The molecule has 1 aliphatic heterocycles. The molecule has 0 spiro atoms. The maximum Gasteiger partial charge on any atom is 0.319 e. The molecule has 37 heavy (non-hydrogen) atoms. The van der Waals surface area contributed by atoms with Crippen LogP contribution in [0, 0.1) is 5.92 Å². The van der Waals surface area contributed by atoms with E-state index in [4.69, 9.17) is 25.8 Å². The number of rotatable bonds is 8. The van der Waals surface area contributed by atoms with E-state index in [-0.39, 0.29) is 30.5 Å². The van der Waals surface area contributed by atoms with Gasteiger partial charge in [0.15, 0.2) is 11.5 Å². The van der Waals surface area contributed by atoms with Crippen molar-refractivity contribution in [1.82, 2.24) is 10.2 Å². The first-order valence-corrected chi connectivity index (χ1v) is 12.8. The lowest BCUT2D eigenvalue weighted by Gasteiger charge is -2.38. The number of anilines is 1. The molecule has 8 nitrogen and oxygen atoms in total. The Kier molecular flexibility index (Phi) is 10.6. The lowest BCUT2D eigenvalue weighted by atomic mass is 9.89. The number of benzene rings is 2. The molecule has 2 aromatic carbocycles. The standard InChI is InChI=1S/C27H36ClN3O5.ClH/c1-34-24-13-20(14-25(35-2)26(24)36-3)29-27(33)30-22-15-21(32)16-23(22)31-10-8-18(9-11-31)12-17-4-6-19(28)7-5-17;/h4-7,13-14,18,21-23,32H,8-12,15-16H2,1-3H3,(H2,29,30,33);1H/t21-,22+,23+;/m0./s1. The van der Waals surface area contributed by atoms with E-state index in [0.717, 1.165) is 37.4 Å². The molecule has 1 aliphatic carbocycles. The number of nitrogens with one attached hydrogen (secondary N) is 2. The zero-order valence-corrected chi connectivity index (χ0v) is 23.1. The number of carbonyl (C=O) groups excluding carboxylic acids is 1. The number of hydrogen-bond acceptors (Lipinski definition) is 6. The summed E-state index contributed by atoms with van der Waals surface area (Å²) in [6, 6.07) is 11.1. The summed E-state index contributed by atoms with van der Waals surface area (Å²) < 4.78 is 16.1. The number of piperidine rings is 1. The zero-order chi connectivity index (χ0) is 25.7. The van der Waals surface area contributed by atoms with Gasteiger partial charge in [0, 0.05) is 29.2 Å². The average molecular weight is 555 g/mol. The number of aliphatic hydroxyl groups is 1. The Bertz CT molecular complexity index is 1010. The maximum atomic E-state index is 12.9. The number of nitrogens with zero attached hydrogens (tertiary/aromatic N) is 1. The lowest BCUT2D eigenvalue weighted by Crippen LogP contribution is -2.52. The molecule has 0 bridgehead atoms. The van der Waals surface area contributed by atoms with Crippen LogP contribution in [0.3, 0.4) is 0 Å². The Morgan fingerprint density at radius 1 is 1.03 bits per heavy atom. The van der Waals surface area contributed by atoms with Gasteiger partial charge in [0.1, 0.15) is 0 Å². The third-order valence-corrected chi connectivity index (χ3v) is 7.55. The highest BCUT2D eigenvalue weighted by Gasteiger charge is 2.39. The molecule has 204 valence electrons. The van der Waals surface area contributed by atoms with Crippen LogP contribution in [0.4, 0.5) is 10.5 Å². The Morgan fingerprint density at radius 3 is 2.22 bits per heavy atom. The van der Waals surface area contributed by atoms with Gasteiger partial charge in [0.05, 0.1) is 33.1 Å². The van der Waals surface area contributed by atoms with Crippen molar-refractivity contribution in [3.63, 3.8) is 0 Å². The highest BCUT2D eigenvalue weighted by Crippen LogP contribution is 2.40. The SMILES string of the molecule is COc1cc(NC(=O)N[C@@H]2C[C@H](O)C[C@H]2N2CCC(Cc3ccc(Cl)cc3)CC2)cc(OC)c1OC.Cl. The fourth-order valence-corrected chi connectivity index (χ4v) is 5.61. The minimum absolute atomic E-state index is 0. The summed E-state index contributed by atoms with van der Waals surface area (Å²) in [6.07, 6.45) is 4.03. The molecule has 3 atom stereocenters. The minimum atomic E-state index is -0.423. The zero-order valence-electron chi connectivity index (χ0n) is 21.5. The van der Waals surface area contributed by atoms with Crippen LogP contribution in [0.1, 0.15) is 31.2 Å². The van der Waals surface area contributed by atoms with Crippen LogP contribution >= 0.6 is 24.0 Å². The second-order valence-corrected chi connectivity index (χ2v) is 10.1. The number of ether oxygens (including phenoxy) is 3. The molecule has 1 saturated heterocycles. The molecule has 2 amide bonds. The van der Waals surface area contributed by atoms with Crippen LogP contribution in [-0.2, 0) is 6.42 Å². The van der Waals surface area contributed by atoms with Crippen LogP contribution in [-0.4, -0.2) is 68.6 Å². The molecule has 1 saturated carbocycles. The van der Waals surface area contributed by atoms with Crippen molar-refractivity contribution in [3.8, 4) is 17.2 Å². The third kappa shape index (κ3) is 7.35. The molecular weight excluding hydrogens is 517 g/mol. The summed E-state index contributed by atoms with van der Waals surface area (Å²) in [4.78, 5) is 15.3. The van der Waals surface area contributed by atoms with E-state index >= 15 is 0 Å². The van der Waals surface area contributed by atoms with Gasteiger partial charge in [0.2, 0.25) is 5.75 Å². The molecule has 0 aromatic heterocycles. The Morgan fingerprint density at radius 2 is 1.65 bits per heavy atom. The van der Waals surface area contributed by atoms with Gasteiger partial charge in [-0.25, -0.2) is 4.79 Å². The first-order chi connectivity index (χ1) is 17.4. The molecule has 0 unspecified atom stereocenters. The Labute approximate surface area is 230 Å². The predicted molar refractivity (Wildman–Crippen MR) is 148 cm³/mol. The number of amides is 2. The van der Waals surface area contributed by atoms with Crippen molar-refractivity contribution in [3.05, 3.63) is 47.0 Å². The van der Waals surface area contributed by atoms with Gasteiger partial charge in [0.25, 0.3) is 0 Å². The van der Waals surface area contributed by atoms with E-state index in [1.54, 1.807) is 12.1 Å². The highest BCUT2D eigenvalue weighted by molar-refractivity contribution is 6.30. The van der Waals surface area contributed by atoms with Crippen molar-refractivity contribution in [2.75, 3.05) is 39.7 Å². The minimum Gasteiger partial charge on any atom is -0.493 e. The van der Waals surface area contributed by atoms with Crippen LogP contribution in [0.2, 0.25) is 5.02 Å². The van der Waals surface area contributed by atoms with E-state index in [0.29, 0.717) is 41.7 Å². The quantitative estimate of drug-likeness (QED) is 0.436. The van der Waals surface area contributed by atoms with Crippen molar-refractivity contribution >= 4 is 35.7 Å². The van der Waals surface area contributed by atoms with Crippen molar-refractivity contribution in [2.45, 2.75) is 50.3 Å². The van der Waals surface area contributed by atoms with Crippen LogP contribution in [0.25, 0.3) is 0 Å². The van der Waals surface area contributed by atoms with Gasteiger partial charge in [-0.3, -0.25) is 4.90 Å². The first-order valence-electron chi connectivity index (χ1n) is 12.4. The Hall–Kier alpha value is -2.39. The summed E-state index contributed by atoms with van der Waals surface area (Å²) >= 11 is 6.01. The maximum absolute atomic E-state index is 12.9. The van der Waals surface area contributed by atoms with Crippen molar-refractivity contribution in [2.24, 2.45) is 5.92 Å². The van der Waals surface area contributed by atoms with Crippen LogP contribution in [0.5, 0.6) is 17.2 Å². The number of aliphatic hydroxyl groups excluding tert-OH is 1. The number of methoxy groups -OCH3 is 3. The van der Waals surface area contributed by atoms with E-state index in [9.17, 15) is 9.90 Å². The van der Waals surface area contributed by atoms with E-state index < -0.39 is 6.10 Å². The topological polar surface area (TPSA) is 92.3 Å². The number of carbonyl (C=O) groups is 1. The van der Waals surface area contributed by atoms with Crippen LogP contribution in [0.15, 0.2) is 36.4 Å². The number of halogens is 2. The number of urea groups is 1. The smallest absolute Gasteiger partial charge is 0.319 e. The first kappa shape index (κ1) is 29.2. The summed E-state index contributed by atoms with van der Waals surface area (Å²) in [5, 5.41) is 17.1. The molecule has 1 heterocycles. The molecule has 2 fully saturated rings. The molecule has 2 aliphatic rings. The number of likely N-dealkylation sites (tertiary alicyclic amines) is 1. The third-order valence-electron chi connectivity index (χ3n) is 7.30. The van der Waals surface area contributed by atoms with Gasteiger partial charge < -0.3 is 30.0 Å². The average Bonchev–Trinajstić information content (AvgIpc) is 3.24. The summed E-state index contributed by atoms with van der Waals surface area (Å²) in [5.74, 6) is 2.01. The Balaban J connectivity index is 0.00000380. The summed E-state index contributed by atoms with van der Waals surface area (Å²) in [5.41, 5.74) is 1.84. The molecule has 2 aromatic rings. The fourth-order valence-electron chi connectivity index (χ4n) is 5.48. The molecule has 0 radical (unpaired) electrons. The van der Waals surface area contributed by atoms with Gasteiger partial charge in [-0.1, -0.05) is 23.7 Å². The monoisotopic (exact) mass is 553 g/mol. The van der Waals surface area contributed by atoms with Gasteiger partial charge >= 0.3 is 6.03 Å². The lowest BCUT2D eigenvalue weighted by molar-refractivity contribution is 0.109. The predicted octanol–water partition coefficient (Wildman–Crippen LogP) is 4.76. The summed E-state index contributed by atoms with van der Waals surface area (Å²) in [6.45, 7) is 1.92. The van der Waals surface area contributed by atoms with Gasteiger partial charge in [-0.15, -0.1) is 12.4 Å². The van der Waals surface area contributed by atoms with Gasteiger partial charge in [-0.2, -0.15) is 0 Å². The molecule has 4 rings (SSSR count).